The summed E-state index contributed by atoms with van der Waals surface area (Å²) in [7, 11) is 0. The summed E-state index contributed by atoms with van der Waals surface area (Å²) in [4.78, 5) is 0. The van der Waals surface area contributed by atoms with Crippen molar-refractivity contribution < 1.29 is 4.39 Å². The Kier molecular flexibility index (Phi) is 3.52. The van der Waals surface area contributed by atoms with Crippen LogP contribution in [0.1, 0.15) is 18.4 Å². The number of hydrogen-bond acceptors (Lipinski definition) is 2. The zero-order chi connectivity index (χ0) is 10.7. The van der Waals surface area contributed by atoms with E-state index in [4.69, 9.17) is 0 Å². The average molecular weight is 225 g/mol. The lowest BCUT2D eigenvalue weighted by atomic mass is 10.1. The van der Waals surface area contributed by atoms with Gasteiger partial charge in [-0.15, -0.1) is 0 Å². The van der Waals surface area contributed by atoms with Gasteiger partial charge in [-0.2, -0.15) is 11.8 Å². The molecule has 0 radical (unpaired) electrons. The molecule has 0 bridgehead atoms. The lowest BCUT2D eigenvalue weighted by molar-refractivity contribution is 0.613. The Hall–Kier alpha value is -0.700. The van der Waals surface area contributed by atoms with E-state index in [0.29, 0.717) is 11.7 Å². The molecule has 3 heteroatoms. The van der Waals surface area contributed by atoms with E-state index in [9.17, 15) is 4.39 Å². The van der Waals surface area contributed by atoms with Crippen molar-refractivity contribution in [2.75, 3.05) is 16.8 Å². The lowest BCUT2D eigenvalue weighted by Crippen LogP contribution is -2.24. The second kappa shape index (κ2) is 4.88. The molecule has 0 atom stereocenters. The van der Waals surface area contributed by atoms with E-state index in [1.54, 1.807) is 6.07 Å². The molecule has 1 aromatic carbocycles. The van der Waals surface area contributed by atoms with Gasteiger partial charge in [0.15, 0.2) is 0 Å². The number of hydrogen-bond donors (Lipinski definition) is 1. The van der Waals surface area contributed by atoms with Crippen LogP contribution in [0.2, 0.25) is 0 Å². The van der Waals surface area contributed by atoms with Gasteiger partial charge < -0.3 is 5.32 Å². The summed E-state index contributed by atoms with van der Waals surface area (Å²) >= 11 is 1.98. The van der Waals surface area contributed by atoms with E-state index < -0.39 is 0 Å². The number of nitrogens with one attached hydrogen (secondary N) is 1. The number of anilines is 1. The second-order valence-electron chi connectivity index (χ2n) is 4.01. The summed E-state index contributed by atoms with van der Waals surface area (Å²) in [6.07, 6.45) is 2.27. The van der Waals surface area contributed by atoms with Crippen molar-refractivity contribution in [1.29, 1.82) is 0 Å². The number of aryl methyl sites for hydroxylation is 1. The Bertz CT molecular complexity index is 334. The molecule has 0 amide bonds. The van der Waals surface area contributed by atoms with Gasteiger partial charge in [0.1, 0.15) is 5.82 Å². The molecular weight excluding hydrogens is 209 g/mol. The monoisotopic (exact) mass is 225 g/mol. The molecule has 0 aromatic heterocycles. The van der Waals surface area contributed by atoms with E-state index in [2.05, 4.69) is 5.32 Å². The van der Waals surface area contributed by atoms with Crippen LogP contribution in [0.3, 0.4) is 0 Å². The summed E-state index contributed by atoms with van der Waals surface area (Å²) in [5.41, 5.74) is 1.62. The molecule has 82 valence electrons. The van der Waals surface area contributed by atoms with Gasteiger partial charge in [-0.3, -0.25) is 0 Å². The van der Waals surface area contributed by atoms with Crippen molar-refractivity contribution in [2.24, 2.45) is 0 Å². The van der Waals surface area contributed by atoms with Crippen LogP contribution in [-0.4, -0.2) is 17.5 Å². The molecule has 1 fully saturated rings. The number of rotatable bonds is 2. The Morgan fingerprint density at radius 2 is 2.07 bits per heavy atom. The molecule has 1 aliphatic rings. The number of halogens is 1. The first-order valence-corrected chi connectivity index (χ1v) is 6.51. The van der Waals surface area contributed by atoms with Crippen LogP contribution in [0, 0.1) is 12.7 Å². The summed E-state index contributed by atoms with van der Waals surface area (Å²) in [6, 6.07) is 5.82. The molecule has 1 aromatic rings. The van der Waals surface area contributed by atoms with E-state index in [1.165, 1.54) is 11.5 Å². The molecule has 1 nitrogen and oxygen atoms in total. The van der Waals surface area contributed by atoms with Crippen LogP contribution < -0.4 is 5.32 Å². The minimum Gasteiger partial charge on any atom is -0.380 e. The fourth-order valence-electron chi connectivity index (χ4n) is 1.80. The average Bonchev–Trinajstić information content (AvgIpc) is 2.24. The van der Waals surface area contributed by atoms with Crippen molar-refractivity contribution in [3.8, 4) is 0 Å². The number of thioether (sulfide) groups is 1. The third-order valence-corrected chi connectivity index (χ3v) is 3.75. The number of benzene rings is 1. The highest BCUT2D eigenvalue weighted by Crippen LogP contribution is 2.22. The summed E-state index contributed by atoms with van der Waals surface area (Å²) in [5, 5.41) is 3.29. The molecule has 0 aliphatic carbocycles. The summed E-state index contributed by atoms with van der Waals surface area (Å²) in [6.45, 7) is 1.91. The van der Waals surface area contributed by atoms with Crippen LogP contribution in [0.4, 0.5) is 10.1 Å². The first-order valence-electron chi connectivity index (χ1n) is 5.36. The Morgan fingerprint density at radius 1 is 1.33 bits per heavy atom. The van der Waals surface area contributed by atoms with E-state index in [1.807, 2.05) is 30.8 Å². The zero-order valence-electron chi connectivity index (χ0n) is 8.92. The van der Waals surface area contributed by atoms with Gasteiger partial charge >= 0.3 is 0 Å². The van der Waals surface area contributed by atoms with Crippen LogP contribution >= 0.6 is 11.8 Å². The summed E-state index contributed by atoms with van der Waals surface area (Å²) < 4.78 is 13.5. The van der Waals surface area contributed by atoms with Crippen LogP contribution in [0.25, 0.3) is 0 Å². The molecule has 0 unspecified atom stereocenters. The van der Waals surface area contributed by atoms with Crippen molar-refractivity contribution in [1.82, 2.24) is 0 Å². The molecule has 1 N–H and O–H groups in total. The maximum atomic E-state index is 13.5. The Labute approximate surface area is 94.5 Å². The van der Waals surface area contributed by atoms with Gasteiger partial charge in [0.05, 0.1) is 5.69 Å². The van der Waals surface area contributed by atoms with E-state index >= 15 is 0 Å². The molecule has 0 spiro atoms. The minimum absolute atomic E-state index is 0.131. The van der Waals surface area contributed by atoms with Gasteiger partial charge in [-0.1, -0.05) is 6.07 Å². The Morgan fingerprint density at radius 3 is 2.73 bits per heavy atom. The first-order chi connectivity index (χ1) is 7.25. The minimum atomic E-state index is -0.131. The van der Waals surface area contributed by atoms with Gasteiger partial charge in [0, 0.05) is 6.04 Å². The molecule has 1 heterocycles. The van der Waals surface area contributed by atoms with Crippen LogP contribution in [-0.2, 0) is 0 Å². The highest BCUT2D eigenvalue weighted by molar-refractivity contribution is 7.99. The normalized spacial score (nSPS) is 17.7. The maximum absolute atomic E-state index is 13.5. The SMILES string of the molecule is Cc1ccc(NC2CCSCC2)c(F)c1. The van der Waals surface area contributed by atoms with Gasteiger partial charge in [-0.05, 0) is 49.0 Å². The fraction of sp³-hybridized carbons (Fsp3) is 0.500. The quantitative estimate of drug-likeness (QED) is 0.827. The third kappa shape index (κ3) is 2.88. The predicted octanol–water partition coefficient (Wildman–Crippen LogP) is 3.44. The lowest BCUT2D eigenvalue weighted by Gasteiger charge is -2.23. The third-order valence-electron chi connectivity index (χ3n) is 2.71. The van der Waals surface area contributed by atoms with Crippen LogP contribution in [0.15, 0.2) is 18.2 Å². The highest BCUT2D eigenvalue weighted by atomic mass is 32.2. The predicted molar refractivity (Wildman–Crippen MR) is 65.1 cm³/mol. The van der Waals surface area contributed by atoms with Crippen molar-refractivity contribution in [2.45, 2.75) is 25.8 Å². The highest BCUT2D eigenvalue weighted by Gasteiger charge is 2.14. The molecule has 1 aliphatic heterocycles. The van der Waals surface area contributed by atoms with E-state index in [0.717, 1.165) is 18.4 Å². The van der Waals surface area contributed by atoms with Crippen LogP contribution in [0.5, 0.6) is 0 Å². The largest absolute Gasteiger partial charge is 0.380 e. The standard InChI is InChI=1S/C12H16FNS/c1-9-2-3-12(11(13)8-9)14-10-4-6-15-7-5-10/h2-3,8,10,14H,4-7H2,1H3. The first kappa shape index (κ1) is 10.8. The van der Waals surface area contributed by atoms with E-state index in [-0.39, 0.29) is 5.82 Å². The molecule has 0 saturated carbocycles. The van der Waals surface area contributed by atoms with Crippen molar-refractivity contribution >= 4 is 17.4 Å². The van der Waals surface area contributed by atoms with Crippen molar-refractivity contribution in [3.63, 3.8) is 0 Å². The fourth-order valence-corrected chi connectivity index (χ4v) is 2.91. The molecular formula is C12H16FNS. The smallest absolute Gasteiger partial charge is 0.146 e. The zero-order valence-corrected chi connectivity index (χ0v) is 9.74. The molecule has 1 saturated heterocycles. The molecule has 2 rings (SSSR count). The molecule has 15 heavy (non-hydrogen) atoms. The van der Waals surface area contributed by atoms with Gasteiger partial charge in [0.25, 0.3) is 0 Å². The second-order valence-corrected chi connectivity index (χ2v) is 5.24. The van der Waals surface area contributed by atoms with Gasteiger partial charge in [0.2, 0.25) is 0 Å². The summed E-state index contributed by atoms with van der Waals surface area (Å²) in [5.74, 6) is 2.24. The topological polar surface area (TPSA) is 12.0 Å². The maximum Gasteiger partial charge on any atom is 0.146 e. The van der Waals surface area contributed by atoms with Crippen molar-refractivity contribution in [3.05, 3.63) is 29.6 Å². The van der Waals surface area contributed by atoms with Gasteiger partial charge in [-0.25, -0.2) is 4.39 Å². The Balaban J connectivity index is 2.03.